The van der Waals surface area contributed by atoms with Gasteiger partial charge in [0.25, 0.3) is 5.91 Å². The lowest BCUT2D eigenvalue weighted by Crippen LogP contribution is -2.61. The van der Waals surface area contributed by atoms with E-state index in [1.165, 1.54) is 13.0 Å². The van der Waals surface area contributed by atoms with Crippen LogP contribution in [0.4, 0.5) is 0 Å². The number of carbonyl (C=O) groups is 4. The number of Topliss-reactive ketones (excluding diaryl/α,β-unsaturated/α-hetero) is 2. The highest BCUT2D eigenvalue weighted by Gasteiger charge is 2.56. The van der Waals surface area contributed by atoms with E-state index >= 15 is 0 Å². The zero-order valence-corrected chi connectivity index (χ0v) is 19.7. The molecule has 8 heteroatoms. The van der Waals surface area contributed by atoms with Crippen molar-refractivity contribution in [1.82, 2.24) is 5.32 Å². The van der Waals surface area contributed by atoms with Gasteiger partial charge >= 0.3 is 5.97 Å². The number of hydrogen-bond acceptors (Lipinski definition) is 7. The molecule has 1 fully saturated rings. The van der Waals surface area contributed by atoms with Gasteiger partial charge in [0.2, 0.25) is 5.78 Å². The van der Waals surface area contributed by atoms with Crippen molar-refractivity contribution in [2.24, 2.45) is 11.3 Å². The van der Waals surface area contributed by atoms with Crippen LogP contribution in [0.5, 0.6) is 0 Å². The lowest BCUT2D eigenvalue weighted by atomic mass is 9.69. The van der Waals surface area contributed by atoms with Crippen molar-refractivity contribution in [2.75, 3.05) is 0 Å². The maximum absolute atomic E-state index is 13.4. The van der Waals surface area contributed by atoms with Crippen molar-refractivity contribution >= 4 is 23.4 Å². The van der Waals surface area contributed by atoms with Crippen LogP contribution >= 0.6 is 0 Å². The maximum Gasteiger partial charge on any atom is 0.322 e. The first-order chi connectivity index (χ1) is 15.4. The van der Waals surface area contributed by atoms with E-state index in [1.807, 2.05) is 13.0 Å². The second kappa shape index (κ2) is 10.9. The Hall–Kier alpha value is -2.84. The highest BCUT2D eigenvalue weighted by molar-refractivity contribution is 6.35. The number of aliphatic hydroxyl groups is 2. The van der Waals surface area contributed by atoms with E-state index in [0.717, 1.165) is 12.5 Å². The normalized spacial score (nSPS) is 38.7. The van der Waals surface area contributed by atoms with Gasteiger partial charge in [-0.05, 0) is 27.2 Å². The Balaban J connectivity index is 2.57. The molecule has 2 aliphatic heterocycles. The first kappa shape index (κ1) is 26.4. The lowest BCUT2D eigenvalue weighted by Gasteiger charge is -2.42. The average Bonchev–Trinajstić information content (AvgIpc) is 2.75. The number of nitrogens with one attached hydrogen (secondary N) is 1. The smallest absolute Gasteiger partial charge is 0.322 e. The minimum Gasteiger partial charge on any atom is -0.461 e. The number of esters is 1. The molecule has 0 aromatic carbocycles. The summed E-state index contributed by atoms with van der Waals surface area (Å²) in [6.45, 7) is 7.62. The SMILES string of the molecule is CC(=O)C(=O)NC1/C=C(C)/C=C\C(O)C/C=C(C)/C=C/C(O)CC2OC(=O)C1(C)C(=O)C2C. The van der Waals surface area contributed by atoms with Gasteiger partial charge in [-0.2, -0.15) is 0 Å². The number of ether oxygens (including phenoxy) is 1. The quantitative estimate of drug-likeness (QED) is 0.326. The summed E-state index contributed by atoms with van der Waals surface area (Å²) in [5, 5.41) is 23.1. The van der Waals surface area contributed by atoms with Crippen molar-refractivity contribution in [1.29, 1.82) is 0 Å². The van der Waals surface area contributed by atoms with Crippen LogP contribution in [0.15, 0.2) is 47.6 Å². The third-order valence-electron chi connectivity index (χ3n) is 6.14. The van der Waals surface area contributed by atoms with E-state index in [0.29, 0.717) is 12.0 Å². The molecule has 1 amide bonds. The number of carbonyl (C=O) groups excluding carboxylic acids is 4. The fraction of sp³-hybridized carbons (Fsp3) is 0.520. The zero-order chi connectivity index (χ0) is 24.9. The van der Waals surface area contributed by atoms with Gasteiger partial charge in [0, 0.05) is 13.3 Å². The highest BCUT2D eigenvalue weighted by Crippen LogP contribution is 2.38. The molecule has 33 heavy (non-hydrogen) atoms. The minimum absolute atomic E-state index is 0.0298. The molecule has 6 atom stereocenters. The van der Waals surface area contributed by atoms with Crippen LogP contribution in [0.2, 0.25) is 0 Å². The molecule has 2 heterocycles. The summed E-state index contributed by atoms with van der Waals surface area (Å²) >= 11 is 0. The van der Waals surface area contributed by atoms with Gasteiger partial charge in [0.05, 0.1) is 24.2 Å². The molecular formula is C25H33NO7. The second-order valence-corrected chi connectivity index (χ2v) is 8.99. The number of rotatable bonds is 2. The second-order valence-electron chi connectivity index (χ2n) is 8.99. The van der Waals surface area contributed by atoms with Crippen LogP contribution in [0.1, 0.15) is 47.5 Å². The first-order valence-corrected chi connectivity index (χ1v) is 11.0. The van der Waals surface area contributed by atoms with Crippen LogP contribution in [0.25, 0.3) is 0 Å². The predicted molar refractivity (Wildman–Crippen MR) is 122 cm³/mol. The van der Waals surface area contributed by atoms with E-state index in [1.54, 1.807) is 38.2 Å². The molecule has 0 radical (unpaired) electrons. The van der Waals surface area contributed by atoms with Crippen molar-refractivity contribution in [3.05, 3.63) is 47.6 Å². The van der Waals surface area contributed by atoms with E-state index in [4.69, 9.17) is 4.74 Å². The number of aliphatic hydroxyl groups excluding tert-OH is 2. The molecule has 8 nitrogen and oxygen atoms in total. The summed E-state index contributed by atoms with van der Waals surface area (Å²) in [6, 6.07) is -1.15. The highest BCUT2D eigenvalue weighted by atomic mass is 16.5. The Kier molecular flexibility index (Phi) is 8.69. The fourth-order valence-electron chi connectivity index (χ4n) is 3.85. The van der Waals surface area contributed by atoms with E-state index in [2.05, 4.69) is 5.32 Å². The Morgan fingerprint density at radius 3 is 2.33 bits per heavy atom. The molecule has 180 valence electrons. The Morgan fingerprint density at radius 2 is 1.70 bits per heavy atom. The molecule has 0 spiro atoms. The van der Waals surface area contributed by atoms with Gasteiger partial charge < -0.3 is 20.3 Å². The summed E-state index contributed by atoms with van der Waals surface area (Å²) in [4.78, 5) is 50.3. The standard InChI is InChI=1S/C25H33NO7/c1-14-6-9-18(28)10-8-15(2)12-21(26-23(31)17(4)27)25(5)22(30)16(3)20(33-24(25)32)13-19(29)11-7-14/h6-8,10-12,16,18-21,28-29H,9,13H2,1-5H3,(H,26,31)/b10-8-,11-7+,14-6+,15-12+. The fourth-order valence-corrected chi connectivity index (χ4v) is 3.85. The van der Waals surface area contributed by atoms with E-state index in [9.17, 15) is 29.4 Å². The van der Waals surface area contributed by atoms with Crippen molar-refractivity contribution in [3.8, 4) is 0 Å². The largest absolute Gasteiger partial charge is 0.461 e. The molecule has 0 aromatic rings. The molecule has 1 saturated heterocycles. The number of ketones is 2. The summed E-state index contributed by atoms with van der Waals surface area (Å²) in [6.07, 6.45) is 7.54. The van der Waals surface area contributed by atoms with Gasteiger partial charge in [0.15, 0.2) is 5.78 Å². The minimum atomic E-state index is -1.78. The molecule has 2 bridgehead atoms. The van der Waals surface area contributed by atoms with Crippen molar-refractivity contribution < 1.29 is 34.1 Å². The third kappa shape index (κ3) is 6.36. The Morgan fingerprint density at radius 1 is 1.09 bits per heavy atom. The monoisotopic (exact) mass is 459 g/mol. The van der Waals surface area contributed by atoms with E-state index < -0.39 is 59.1 Å². The number of hydrogen-bond donors (Lipinski definition) is 3. The van der Waals surface area contributed by atoms with Gasteiger partial charge in [0.1, 0.15) is 11.5 Å². The molecule has 6 unspecified atom stereocenters. The predicted octanol–water partition coefficient (Wildman–Crippen LogP) is 1.72. The summed E-state index contributed by atoms with van der Waals surface area (Å²) in [5.41, 5.74) is -0.371. The van der Waals surface area contributed by atoms with Crippen LogP contribution in [0, 0.1) is 11.3 Å². The topological polar surface area (TPSA) is 130 Å². The summed E-state index contributed by atoms with van der Waals surface area (Å²) in [5.74, 6) is -3.74. The molecular weight excluding hydrogens is 426 g/mol. The average molecular weight is 460 g/mol. The van der Waals surface area contributed by atoms with Gasteiger partial charge in [-0.3, -0.25) is 19.2 Å². The van der Waals surface area contributed by atoms with Crippen LogP contribution < -0.4 is 5.32 Å². The molecule has 3 N–H and O–H groups in total. The molecule has 3 rings (SSSR count). The van der Waals surface area contributed by atoms with Crippen molar-refractivity contribution in [2.45, 2.75) is 71.8 Å². The molecule has 1 aliphatic carbocycles. The zero-order valence-electron chi connectivity index (χ0n) is 19.7. The third-order valence-corrected chi connectivity index (χ3v) is 6.14. The molecule has 0 aromatic heterocycles. The Bertz CT molecular complexity index is 929. The first-order valence-electron chi connectivity index (χ1n) is 11.0. The van der Waals surface area contributed by atoms with Crippen LogP contribution in [-0.2, 0) is 23.9 Å². The van der Waals surface area contributed by atoms with Crippen LogP contribution in [0.3, 0.4) is 0 Å². The molecule has 3 aliphatic rings. The van der Waals surface area contributed by atoms with Gasteiger partial charge in [-0.1, -0.05) is 54.5 Å². The maximum atomic E-state index is 13.4. The summed E-state index contributed by atoms with van der Waals surface area (Å²) in [7, 11) is 0. The number of amides is 1. The van der Waals surface area contributed by atoms with E-state index in [-0.39, 0.29) is 6.42 Å². The number of fused-ring (bicyclic) bond motifs is 10. The summed E-state index contributed by atoms with van der Waals surface area (Å²) < 4.78 is 5.59. The van der Waals surface area contributed by atoms with Gasteiger partial charge in [-0.15, -0.1) is 0 Å². The van der Waals surface area contributed by atoms with Gasteiger partial charge in [-0.25, -0.2) is 0 Å². The Labute approximate surface area is 194 Å². The van der Waals surface area contributed by atoms with Crippen LogP contribution in [-0.4, -0.2) is 58.0 Å². The van der Waals surface area contributed by atoms with Crippen molar-refractivity contribution in [3.63, 3.8) is 0 Å². The number of allylic oxidation sites excluding steroid dienone is 4. The molecule has 0 saturated carbocycles. The lowest BCUT2D eigenvalue weighted by molar-refractivity contribution is -0.181.